The van der Waals surface area contributed by atoms with Gasteiger partial charge in [-0.05, 0) is 55.3 Å². The van der Waals surface area contributed by atoms with Crippen molar-refractivity contribution in [2.45, 2.75) is 39.5 Å². The van der Waals surface area contributed by atoms with E-state index in [0.29, 0.717) is 30.3 Å². The van der Waals surface area contributed by atoms with Crippen LogP contribution in [-0.4, -0.2) is 31.1 Å². The number of benzene rings is 2. The zero-order chi connectivity index (χ0) is 24.7. The Kier molecular flexibility index (Phi) is 8.96. The molecule has 4 amide bonds. The van der Waals surface area contributed by atoms with Gasteiger partial charge in [0, 0.05) is 0 Å². The molecule has 1 fully saturated rings. The number of barbiturate groups is 1. The Morgan fingerprint density at radius 3 is 2.41 bits per heavy atom. The van der Waals surface area contributed by atoms with E-state index in [0.717, 1.165) is 30.6 Å². The molecule has 1 heterocycles. The van der Waals surface area contributed by atoms with Crippen LogP contribution in [0.15, 0.2) is 42.0 Å². The minimum absolute atomic E-state index is 0.175. The molecular formula is C25H26Cl2N2O5. The van der Waals surface area contributed by atoms with Crippen molar-refractivity contribution in [2.75, 3.05) is 18.1 Å². The summed E-state index contributed by atoms with van der Waals surface area (Å²) in [6.45, 7) is 5.00. The zero-order valence-corrected chi connectivity index (χ0v) is 20.5. The van der Waals surface area contributed by atoms with Crippen LogP contribution < -0.4 is 19.7 Å². The third-order valence-corrected chi connectivity index (χ3v) is 5.84. The number of halogens is 2. The van der Waals surface area contributed by atoms with Crippen molar-refractivity contribution in [3.05, 3.63) is 57.6 Å². The molecule has 0 radical (unpaired) electrons. The van der Waals surface area contributed by atoms with E-state index in [-0.39, 0.29) is 21.3 Å². The lowest BCUT2D eigenvalue weighted by Crippen LogP contribution is -2.54. The van der Waals surface area contributed by atoms with Gasteiger partial charge < -0.3 is 9.47 Å². The quantitative estimate of drug-likeness (QED) is 0.243. The third-order valence-electron chi connectivity index (χ3n) is 5.10. The molecule has 0 saturated carbocycles. The van der Waals surface area contributed by atoms with Crippen LogP contribution in [0, 0.1) is 0 Å². The first kappa shape index (κ1) is 25.6. The molecule has 2 aromatic rings. The van der Waals surface area contributed by atoms with Crippen molar-refractivity contribution in [2.24, 2.45) is 0 Å². The lowest BCUT2D eigenvalue weighted by Gasteiger charge is -2.26. The van der Waals surface area contributed by atoms with Gasteiger partial charge in [0.25, 0.3) is 11.8 Å². The van der Waals surface area contributed by atoms with Gasteiger partial charge in [-0.25, -0.2) is 9.69 Å². The van der Waals surface area contributed by atoms with Gasteiger partial charge in [0.1, 0.15) is 5.57 Å². The van der Waals surface area contributed by atoms with Crippen LogP contribution in [0.5, 0.6) is 11.5 Å². The van der Waals surface area contributed by atoms with Crippen molar-refractivity contribution in [1.29, 1.82) is 0 Å². The first-order chi connectivity index (χ1) is 16.3. The van der Waals surface area contributed by atoms with Crippen LogP contribution >= 0.6 is 23.2 Å². The van der Waals surface area contributed by atoms with Crippen LogP contribution in [0.2, 0.25) is 10.0 Å². The molecule has 0 aromatic heterocycles. The normalized spacial score (nSPS) is 15.0. The van der Waals surface area contributed by atoms with E-state index in [1.807, 2.05) is 6.92 Å². The fourth-order valence-electron chi connectivity index (χ4n) is 3.40. The second-order valence-electron chi connectivity index (χ2n) is 7.60. The van der Waals surface area contributed by atoms with Crippen LogP contribution in [0.4, 0.5) is 10.5 Å². The number of unbranched alkanes of at least 4 members (excludes halogenated alkanes) is 3. The molecule has 34 heavy (non-hydrogen) atoms. The van der Waals surface area contributed by atoms with E-state index in [1.54, 1.807) is 18.2 Å². The van der Waals surface area contributed by atoms with Gasteiger partial charge in [-0.1, -0.05) is 55.5 Å². The number of imide groups is 2. The Hall–Kier alpha value is -3.03. The second-order valence-corrected chi connectivity index (χ2v) is 8.42. The molecule has 0 unspecified atom stereocenters. The van der Waals surface area contributed by atoms with E-state index in [9.17, 15) is 14.4 Å². The Balaban J connectivity index is 1.86. The number of urea groups is 1. The zero-order valence-electron chi connectivity index (χ0n) is 19.0. The smallest absolute Gasteiger partial charge is 0.335 e. The SMILES string of the molecule is CCCCCCOc1ccc(/C=C2/C(=O)NC(=O)N(c3ccc(Cl)c(Cl)c3)C2=O)cc1OCC. The molecule has 0 atom stereocenters. The van der Waals surface area contributed by atoms with Crippen molar-refractivity contribution < 1.29 is 23.9 Å². The number of nitrogens with zero attached hydrogens (tertiary/aromatic N) is 1. The van der Waals surface area contributed by atoms with Crippen molar-refractivity contribution in [1.82, 2.24) is 5.32 Å². The van der Waals surface area contributed by atoms with Crippen LogP contribution in [0.3, 0.4) is 0 Å². The molecule has 3 rings (SSSR count). The number of ether oxygens (including phenoxy) is 2. The van der Waals surface area contributed by atoms with E-state index in [2.05, 4.69) is 12.2 Å². The molecule has 1 aliphatic rings. The predicted molar refractivity (Wildman–Crippen MR) is 133 cm³/mol. The summed E-state index contributed by atoms with van der Waals surface area (Å²) >= 11 is 12.0. The number of carbonyl (C=O) groups excluding carboxylic acids is 3. The molecule has 2 aromatic carbocycles. The molecule has 1 saturated heterocycles. The summed E-state index contributed by atoms with van der Waals surface area (Å²) in [5.41, 5.74) is 0.530. The Labute approximate surface area is 208 Å². The van der Waals surface area contributed by atoms with E-state index in [1.165, 1.54) is 24.3 Å². The summed E-state index contributed by atoms with van der Waals surface area (Å²) in [5.74, 6) is -0.470. The van der Waals surface area contributed by atoms with Gasteiger partial charge >= 0.3 is 6.03 Å². The highest BCUT2D eigenvalue weighted by Gasteiger charge is 2.37. The van der Waals surface area contributed by atoms with Gasteiger partial charge in [-0.3, -0.25) is 14.9 Å². The highest BCUT2D eigenvalue weighted by molar-refractivity contribution is 6.43. The number of anilines is 1. The third kappa shape index (κ3) is 6.10. The minimum Gasteiger partial charge on any atom is -0.490 e. The molecule has 7 nitrogen and oxygen atoms in total. The van der Waals surface area contributed by atoms with E-state index >= 15 is 0 Å². The van der Waals surface area contributed by atoms with Crippen LogP contribution in [0.25, 0.3) is 6.08 Å². The van der Waals surface area contributed by atoms with Crippen molar-refractivity contribution in [3.8, 4) is 11.5 Å². The largest absolute Gasteiger partial charge is 0.490 e. The Morgan fingerprint density at radius 2 is 1.71 bits per heavy atom. The minimum atomic E-state index is -0.868. The predicted octanol–water partition coefficient (Wildman–Crippen LogP) is 6.02. The van der Waals surface area contributed by atoms with E-state index in [4.69, 9.17) is 32.7 Å². The molecular weight excluding hydrogens is 479 g/mol. The average Bonchev–Trinajstić information content (AvgIpc) is 2.80. The number of hydrogen-bond donors (Lipinski definition) is 1. The van der Waals surface area contributed by atoms with Crippen molar-refractivity contribution >= 4 is 52.8 Å². The summed E-state index contributed by atoms with van der Waals surface area (Å²) in [5, 5.41) is 2.64. The number of amides is 4. The maximum Gasteiger partial charge on any atom is 0.335 e. The lowest BCUT2D eigenvalue weighted by atomic mass is 10.1. The highest BCUT2D eigenvalue weighted by Crippen LogP contribution is 2.32. The molecule has 180 valence electrons. The van der Waals surface area contributed by atoms with Gasteiger partial charge in [0.15, 0.2) is 11.5 Å². The van der Waals surface area contributed by atoms with Gasteiger partial charge in [0.2, 0.25) is 0 Å². The summed E-state index contributed by atoms with van der Waals surface area (Å²) in [4.78, 5) is 38.8. The van der Waals surface area contributed by atoms with Crippen LogP contribution in [0.1, 0.15) is 45.1 Å². The summed E-state index contributed by atoms with van der Waals surface area (Å²) in [7, 11) is 0. The average molecular weight is 505 g/mol. The molecule has 1 N–H and O–H groups in total. The summed E-state index contributed by atoms with van der Waals surface area (Å²) in [6.07, 6.45) is 5.75. The monoisotopic (exact) mass is 504 g/mol. The molecule has 1 aliphatic heterocycles. The second kappa shape index (κ2) is 11.9. The first-order valence-corrected chi connectivity index (χ1v) is 11.9. The Bertz CT molecular complexity index is 1120. The molecule has 0 aliphatic carbocycles. The molecule has 0 spiro atoms. The highest BCUT2D eigenvalue weighted by atomic mass is 35.5. The number of carbonyl (C=O) groups is 3. The summed E-state index contributed by atoms with van der Waals surface area (Å²) in [6, 6.07) is 8.61. The van der Waals surface area contributed by atoms with Crippen LogP contribution in [-0.2, 0) is 9.59 Å². The number of nitrogens with one attached hydrogen (secondary N) is 1. The van der Waals surface area contributed by atoms with Gasteiger partial charge in [0.05, 0.1) is 28.9 Å². The fourth-order valence-corrected chi connectivity index (χ4v) is 3.69. The molecule has 0 bridgehead atoms. The fraction of sp³-hybridized carbons (Fsp3) is 0.320. The van der Waals surface area contributed by atoms with Gasteiger partial charge in [-0.2, -0.15) is 0 Å². The maximum atomic E-state index is 13.1. The standard InChI is InChI=1S/C25H26Cl2N2O5/c1-3-5-6-7-12-34-21-11-8-16(14-22(21)33-4-2)13-18-23(30)28-25(32)29(24(18)31)17-9-10-19(26)20(27)15-17/h8-11,13-15H,3-7,12H2,1-2H3,(H,28,30,32)/b18-13-. The number of hydrogen-bond acceptors (Lipinski definition) is 5. The number of rotatable bonds is 10. The first-order valence-electron chi connectivity index (χ1n) is 11.1. The van der Waals surface area contributed by atoms with E-state index < -0.39 is 17.8 Å². The van der Waals surface area contributed by atoms with Gasteiger partial charge in [-0.15, -0.1) is 0 Å². The summed E-state index contributed by atoms with van der Waals surface area (Å²) < 4.78 is 11.6. The maximum absolute atomic E-state index is 13.1. The lowest BCUT2D eigenvalue weighted by molar-refractivity contribution is -0.122. The Morgan fingerprint density at radius 1 is 0.912 bits per heavy atom. The van der Waals surface area contributed by atoms with Crippen molar-refractivity contribution in [3.63, 3.8) is 0 Å². The molecule has 9 heteroatoms. The topological polar surface area (TPSA) is 84.9 Å².